The van der Waals surface area contributed by atoms with Crippen LogP contribution in [0.25, 0.3) is 0 Å². The van der Waals surface area contributed by atoms with Gasteiger partial charge in [0.05, 0.1) is 12.7 Å². The fraction of sp³-hybridized carbons (Fsp3) is 0.312. The molecule has 0 aliphatic heterocycles. The first-order valence-corrected chi connectivity index (χ1v) is 7.65. The summed E-state index contributed by atoms with van der Waals surface area (Å²) < 4.78 is 18.3. The third-order valence-corrected chi connectivity index (χ3v) is 3.95. The van der Waals surface area contributed by atoms with Crippen LogP contribution in [0.5, 0.6) is 0 Å². The second-order valence-corrected chi connectivity index (χ2v) is 5.70. The van der Waals surface area contributed by atoms with Crippen LogP contribution < -0.4 is 5.32 Å². The number of methoxy groups -OCH3 is 1. The number of carbonyl (C=O) groups excluding carboxylic acids is 1. The molecule has 1 heterocycles. The Hall–Kier alpha value is -1.72. The molecule has 0 saturated heterocycles. The zero-order valence-corrected chi connectivity index (χ0v) is 12.9. The van der Waals surface area contributed by atoms with E-state index < -0.39 is 11.8 Å². The van der Waals surface area contributed by atoms with E-state index >= 15 is 0 Å². The summed E-state index contributed by atoms with van der Waals surface area (Å²) in [4.78, 5) is 11.3. The van der Waals surface area contributed by atoms with E-state index in [4.69, 9.17) is 0 Å². The Morgan fingerprint density at radius 3 is 2.81 bits per heavy atom. The third kappa shape index (κ3) is 4.37. The van der Waals surface area contributed by atoms with Gasteiger partial charge in [-0.15, -0.1) is 0 Å². The molecule has 0 spiro atoms. The number of rotatable bonds is 6. The van der Waals surface area contributed by atoms with Crippen molar-refractivity contribution in [3.63, 3.8) is 0 Å². The molecule has 21 heavy (non-hydrogen) atoms. The lowest BCUT2D eigenvalue weighted by atomic mass is 10.1. The molecule has 0 aliphatic rings. The third-order valence-electron chi connectivity index (χ3n) is 3.22. The standard InChI is InChI=1S/C16H18FNO2S/c1-11(7-13-5-6-21-10-13)18-9-12-3-4-14(15(17)8-12)16(19)20-2/h3-6,8,10-11,18H,7,9H2,1-2H3. The van der Waals surface area contributed by atoms with Gasteiger partial charge in [-0.05, 0) is 53.4 Å². The predicted octanol–water partition coefficient (Wildman–Crippen LogP) is 3.39. The average Bonchev–Trinajstić information content (AvgIpc) is 2.97. The largest absolute Gasteiger partial charge is 0.465 e. The average molecular weight is 307 g/mol. The summed E-state index contributed by atoms with van der Waals surface area (Å²) >= 11 is 1.68. The SMILES string of the molecule is COC(=O)c1ccc(CNC(C)Cc2ccsc2)cc1F. The minimum atomic E-state index is -0.655. The molecular formula is C16H18FNO2S. The number of hydrogen-bond acceptors (Lipinski definition) is 4. The molecule has 5 heteroatoms. The van der Waals surface area contributed by atoms with E-state index in [-0.39, 0.29) is 5.56 Å². The Bertz CT molecular complexity index is 598. The molecule has 0 saturated carbocycles. The maximum atomic E-state index is 13.8. The van der Waals surface area contributed by atoms with Crippen molar-refractivity contribution in [2.75, 3.05) is 7.11 Å². The molecule has 0 radical (unpaired) electrons. The van der Waals surface area contributed by atoms with Crippen molar-refractivity contribution in [2.45, 2.75) is 25.9 Å². The summed E-state index contributed by atoms with van der Waals surface area (Å²) in [7, 11) is 1.24. The van der Waals surface area contributed by atoms with Crippen LogP contribution in [0.15, 0.2) is 35.0 Å². The highest BCUT2D eigenvalue weighted by Gasteiger charge is 2.12. The molecule has 1 unspecified atom stereocenters. The molecule has 1 aromatic carbocycles. The van der Waals surface area contributed by atoms with E-state index in [9.17, 15) is 9.18 Å². The maximum absolute atomic E-state index is 13.8. The van der Waals surface area contributed by atoms with Gasteiger partial charge in [0.25, 0.3) is 0 Å². The van der Waals surface area contributed by atoms with Crippen LogP contribution >= 0.6 is 11.3 Å². The molecule has 1 atom stereocenters. The molecular weight excluding hydrogens is 289 g/mol. The summed E-state index contributed by atoms with van der Waals surface area (Å²) in [5, 5.41) is 7.54. The molecule has 0 amide bonds. The summed E-state index contributed by atoms with van der Waals surface area (Å²) in [6, 6.07) is 6.97. The fourth-order valence-electron chi connectivity index (χ4n) is 2.07. The molecule has 3 nitrogen and oxygen atoms in total. The van der Waals surface area contributed by atoms with E-state index in [1.165, 1.54) is 24.8 Å². The molecule has 2 aromatic rings. The van der Waals surface area contributed by atoms with Crippen molar-refractivity contribution in [1.82, 2.24) is 5.32 Å². The summed E-state index contributed by atoms with van der Waals surface area (Å²) in [5.74, 6) is -1.20. The Balaban J connectivity index is 1.91. The van der Waals surface area contributed by atoms with Gasteiger partial charge in [0.2, 0.25) is 0 Å². The van der Waals surface area contributed by atoms with Gasteiger partial charge in [0, 0.05) is 12.6 Å². The molecule has 0 aliphatic carbocycles. The van der Waals surface area contributed by atoms with Crippen molar-refractivity contribution in [1.29, 1.82) is 0 Å². The van der Waals surface area contributed by atoms with Gasteiger partial charge in [0.15, 0.2) is 0 Å². The second-order valence-electron chi connectivity index (χ2n) is 4.92. The lowest BCUT2D eigenvalue weighted by Crippen LogP contribution is -2.27. The van der Waals surface area contributed by atoms with Crippen molar-refractivity contribution >= 4 is 17.3 Å². The smallest absolute Gasteiger partial charge is 0.340 e. The Morgan fingerprint density at radius 1 is 1.38 bits per heavy atom. The first kappa shape index (κ1) is 15.7. The number of benzene rings is 1. The fourth-order valence-corrected chi connectivity index (χ4v) is 2.75. The minimum Gasteiger partial charge on any atom is -0.465 e. The number of nitrogens with one attached hydrogen (secondary N) is 1. The van der Waals surface area contributed by atoms with Crippen LogP contribution in [0.3, 0.4) is 0 Å². The molecule has 1 aromatic heterocycles. The maximum Gasteiger partial charge on any atom is 0.340 e. The topological polar surface area (TPSA) is 38.3 Å². The monoisotopic (exact) mass is 307 g/mol. The van der Waals surface area contributed by atoms with Gasteiger partial charge in [-0.1, -0.05) is 6.07 Å². The van der Waals surface area contributed by atoms with Gasteiger partial charge in [-0.2, -0.15) is 11.3 Å². The predicted molar refractivity (Wildman–Crippen MR) is 82.1 cm³/mol. The van der Waals surface area contributed by atoms with Crippen molar-refractivity contribution in [3.8, 4) is 0 Å². The highest BCUT2D eigenvalue weighted by molar-refractivity contribution is 7.07. The first-order chi connectivity index (χ1) is 10.1. The highest BCUT2D eigenvalue weighted by atomic mass is 32.1. The van der Waals surface area contributed by atoms with Gasteiger partial charge in [-0.3, -0.25) is 0 Å². The van der Waals surface area contributed by atoms with E-state index in [0.29, 0.717) is 12.6 Å². The van der Waals surface area contributed by atoms with Crippen LogP contribution in [0.2, 0.25) is 0 Å². The molecule has 112 valence electrons. The second kappa shape index (κ2) is 7.33. The number of carbonyl (C=O) groups is 1. The number of ether oxygens (including phenoxy) is 1. The zero-order valence-electron chi connectivity index (χ0n) is 12.1. The van der Waals surface area contributed by atoms with Crippen molar-refractivity contribution in [3.05, 3.63) is 57.5 Å². The number of esters is 1. The van der Waals surface area contributed by atoms with E-state index in [1.807, 2.05) is 0 Å². The van der Waals surface area contributed by atoms with Crippen LogP contribution in [-0.4, -0.2) is 19.1 Å². The van der Waals surface area contributed by atoms with Crippen LogP contribution in [0.1, 0.15) is 28.4 Å². The molecule has 0 fully saturated rings. The van der Waals surface area contributed by atoms with Gasteiger partial charge in [-0.25, -0.2) is 9.18 Å². The van der Waals surface area contributed by atoms with Gasteiger partial charge >= 0.3 is 5.97 Å². The van der Waals surface area contributed by atoms with Gasteiger partial charge in [0.1, 0.15) is 5.82 Å². The quantitative estimate of drug-likeness (QED) is 0.831. The van der Waals surface area contributed by atoms with Crippen molar-refractivity contribution < 1.29 is 13.9 Å². The molecule has 1 N–H and O–H groups in total. The Morgan fingerprint density at radius 2 is 2.19 bits per heavy atom. The first-order valence-electron chi connectivity index (χ1n) is 6.71. The van der Waals surface area contributed by atoms with Crippen molar-refractivity contribution in [2.24, 2.45) is 0 Å². The van der Waals surface area contributed by atoms with Crippen LogP contribution in [0.4, 0.5) is 4.39 Å². The summed E-state index contributed by atoms with van der Waals surface area (Å²) in [6.45, 7) is 2.65. The number of hydrogen-bond donors (Lipinski definition) is 1. The lowest BCUT2D eigenvalue weighted by molar-refractivity contribution is 0.0595. The van der Waals surface area contributed by atoms with Crippen LogP contribution in [-0.2, 0) is 17.7 Å². The minimum absolute atomic E-state index is 0.0347. The zero-order chi connectivity index (χ0) is 15.2. The number of halogens is 1. The molecule has 0 bridgehead atoms. The van der Waals surface area contributed by atoms with Gasteiger partial charge < -0.3 is 10.1 Å². The summed E-state index contributed by atoms with van der Waals surface area (Å²) in [6.07, 6.45) is 0.937. The van der Waals surface area contributed by atoms with E-state index in [1.54, 1.807) is 17.4 Å². The Labute approximate surface area is 127 Å². The highest BCUT2D eigenvalue weighted by Crippen LogP contribution is 2.13. The normalized spacial score (nSPS) is 12.1. The van der Waals surface area contributed by atoms with E-state index in [0.717, 1.165) is 12.0 Å². The summed E-state index contributed by atoms with van der Waals surface area (Å²) in [5.41, 5.74) is 2.07. The Kier molecular flexibility index (Phi) is 5.47. The number of thiophene rings is 1. The molecule has 2 rings (SSSR count). The van der Waals surface area contributed by atoms with E-state index in [2.05, 4.69) is 33.8 Å². The van der Waals surface area contributed by atoms with Crippen LogP contribution in [0, 0.1) is 5.82 Å². The lowest BCUT2D eigenvalue weighted by Gasteiger charge is -2.13.